The summed E-state index contributed by atoms with van der Waals surface area (Å²) in [5, 5.41) is 0. The molecule has 0 unspecified atom stereocenters. The van der Waals surface area contributed by atoms with Crippen LogP contribution in [0.3, 0.4) is 0 Å². The molecule has 0 aliphatic carbocycles. The topological polar surface area (TPSA) is 9.23 Å². The van der Waals surface area contributed by atoms with Crippen molar-refractivity contribution in [1.29, 1.82) is 0 Å². The molecule has 0 saturated carbocycles. The molecule has 0 amide bonds. The number of rotatable bonds is 1. The van der Waals surface area contributed by atoms with Gasteiger partial charge in [0, 0.05) is 0 Å². The summed E-state index contributed by atoms with van der Waals surface area (Å²) in [5.74, 6) is 0. The predicted octanol–water partition coefficient (Wildman–Crippen LogP) is 0.386. The van der Waals surface area contributed by atoms with E-state index in [2.05, 4.69) is 19.6 Å². The summed E-state index contributed by atoms with van der Waals surface area (Å²) in [5.41, 5.74) is 0. The van der Waals surface area contributed by atoms with Crippen molar-refractivity contribution in [2.75, 3.05) is 0 Å². The Morgan fingerprint density at radius 1 is 1.33 bits per heavy atom. The van der Waals surface area contributed by atoms with Crippen LogP contribution < -0.4 is 0 Å². The molecule has 0 fully saturated rings. The predicted molar refractivity (Wildman–Crippen MR) is 33.0 cm³/mol. The average Bonchev–Trinajstić information content (AvgIpc) is 1.35. The van der Waals surface area contributed by atoms with Gasteiger partial charge in [-0.3, -0.25) is 0 Å². The van der Waals surface area contributed by atoms with Crippen LogP contribution in [-0.4, -0.2) is 31.8 Å². The molecular formula is C3H11OSbSi. The maximum atomic E-state index is 5.21. The van der Waals surface area contributed by atoms with Crippen LogP contribution in [0.5, 0.6) is 0 Å². The van der Waals surface area contributed by atoms with E-state index in [1.54, 1.807) is 0 Å². The summed E-state index contributed by atoms with van der Waals surface area (Å²) in [4.78, 5) is 0. The van der Waals surface area contributed by atoms with Crippen LogP contribution in [0.2, 0.25) is 19.6 Å². The van der Waals surface area contributed by atoms with Gasteiger partial charge in [-0.2, -0.15) is 0 Å². The quantitative estimate of drug-likeness (QED) is 0.572. The second-order valence-corrected chi connectivity index (χ2v) is 8.71. The third kappa shape index (κ3) is 5.00. The Labute approximate surface area is 54.3 Å². The van der Waals surface area contributed by atoms with Crippen molar-refractivity contribution in [3.8, 4) is 0 Å². The molecule has 0 aromatic rings. The summed E-state index contributed by atoms with van der Waals surface area (Å²) >= 11 is 0.965. The van der Waals surface area contributed by atoms with E-state index in [4.69, 9.17) is 2.70 Å². The van der Waals surface area contributed by atoms with E-state index >= 15 is 0 Å². The Bertz CT molecular complexity index is 40.5. The molecule has 3 heteroatoms. The minimum absolute atomic E-state index is 0.965. The van der Waals surface area contributed by atoms with Gasteiger partial charge in [-0.1, -0.05) is 0 Å². The molecule has 0 atom stereocenters. The van der Waals surface area contributed by atoms with E-state index in [1.807, 2.05) is 0 Å². The minimum atomic E-state index is -1.07. The Morgan fingerprint density at radius 2 is 1.50 bits per heavy atom. The normalized spacial score (nSPS) is 12.0. The molecule has 0 aromatic carbocycles. The average molecular weight is 213 g/mol. The molecular weight excluding hydrogens is 202 g/mol. The number of hydrogen-bond acceptors (Lipinski definition) is 1. The molecule has 0 radical (unpaired) electrons. The molecule has 0 saturated heterocycles. The summed E-state index contributed by atoms with van der Waals surface area (Å²) in [6.07, 6.45) is 0. The van der Waals surface area contributed by atoms with E-state index in [0.717, 1.165) is 23.4 Å². The first-order chi connectivity index (χ1) is 2.56. The van der Waals surface area contributed by atoms with E-state index in [0.29, 0.717) is 0 Å². The molecule has 0 heterocycles. The van der Waals surface area contributed by atoms with Crippen LogP contribution in [-0.2, 0) is 2.70 Å². The fourth-order valence-corrected chi connectivity index (χ4v) is 0. The van der Waals surface area contributed by atoms with Crippen molar-refractivity contribution in [3.63, 3.8) is 0 Å². The van der Waals surface area contributed by atoms with E-state index in [1.165, 1.54) is 0 Å². The van der Waals surface area contributed by atoms with Gasteiger partial charge in [-0.05, 0) is 0 Å². The van der Waals surface area contributed by atoms with E-state index in [9.17, 15) is 0 Å². The fraction of sp³-hybridized carbons (Fsp3) is 1.00. The second kappa shape index (κ2) is 2.34. The van der Waals surface area contributed by atoms with Gasteiger partial charge in [0.15, 0.2) is 0 Å². The van der Waals surface area contributed by atoms with Gasteiger partial charge in [0.05, 0.1) is 0 Å². The van der Waals surface area contributed by atoms with Crippen LogP contribution in [0.25, 0.3) is 0 Å². The van der Waals surface area contributed by atoms with Crippen LogP contribution in [0, 0.1) is 0 Å². The van der Waals surface area contributed by atoms with Gasteiger partial charge in [-0.25, -0.2) is 0 Å². The van der Waals surface area contributed by atoms with Crippen molar-refractivity contribution in [3.05, 3.63) is 0 Å². The van der Waals surface area contributed by atoms with Crippen molar-refractivity contribution >= 4 is 31.8 Å². The van der Waals surface area contributed by atoms with Crippen LogP contribution in [0.15, 0.2) is 0 Å². The van der Waals surface area contributed by atoms with E-state index < -0.39 is 8.32 Å². The fourth-order valence-electron chi connectivity index (χ4n) is 0. The Balaban J connectivity index is 3.17. The molecule has 38 valence electrons. The molecule has 1 nitrogen and oxygen atoms in total. The van der Waals surface area contributed by atoms with Gasteiger partial charge < -0.3 is 0 Å². The summed E-state index contributed by atoms with van der Waals surface area (Å²) < 4.78 is 5.21. The molecule has 0 aliphatic heterocycles. The third-order valence-corrected chi connectivity index (χ3v) is 7.12. The first-order valence-electron chi connectivity index (χ1n) is 1.94. The Morgan fingerprint density at radius 3 is 1.50 bits per heavy atom. The standard InChI is InChI=1S/C3H9OSi.Sb.2H/c1-5(2,3)4;;;/h1-3H3;;;/q-1;+1;;. The van der Waals surface area contributed by atoms with Gasteiger partial charge in [-0.15, -0.1) is 0 Å². The van der Waals surface area contributed by atoms with Crippen molar-refractivity contribution in [2.45, 2.75) is 19.6 Å². The molecule has 0 bridgehead atoms. The van der Waals surface area contributed by atoms with Gasteiger partial charge >= 0.3 is 54.1 Å². The van der Waals surface area contributed by atoms with Crippen LogP contribution >= 0.6 is 0 Å². The molecule has 0 aliphatic rings. The zero-order chi connectivity index (χ0) is 5.21. The van der Waals surface area contributed by atoms with Gasteiger partial charge in [0.2, 0.25) is 0 Å². The van der Waals surface area contributed by atoms with Crippen molar-refractivity contribution < 1.29 is 2.70 Å². The second-order valence-electron chi connectivity index (χ2n) is 2.23. The van der Waals surface area contributed by atoms with Crippen molar-refractivity contribution in [2.24, 2.45) is 0 Å². The molecule has 0 spiro atoms. The van der Waals surface area contributed by atoms with E-state index in [-0.39, 0.29) is 0 Å². The zero-order valence-electron chi connectivity index (χ0n) is 4.49. The monoisotopic (exact) mass is 212 g/mol. The Kier molecular flexibility index (Phi) is 2.73. The zero-order valence-corrected chi connectivity index (χ0v) is 8.78. The van der Waals surface area contributed by atoms with Crippen LogP contribution in [0.4, 0.5) is 0 Å². The first kappa shape index (κ1) is 7.00. The molecule has 0 rings (SSSR count). The molecule has 0 aromatic heterocycles. The SMILES string of the molecule is C[Si](C)(C)[O][SbH2]. The molecule has 6 heavy (non-hydrogen) atoms. The summed E-state index contributed by atoms with van der Waals surface area (Å²) in [6, 6.07) is 0. The molecule has 0 N–H and O–H groups in total. The Hall–Kier alpha value is 0.995. The van der Waals surface area contributed by atoms with Crippen molar-refractivity contribution in [1.82, 2.24) is 0 Å². The third-order valence-electron chi connectivity index (χ3n) is 0.354. The first-order valence-corrected chi connectivity index (χ1v) is 6.69. The summed E-state index contributed by atoms with van der Waals surface area (Å²) in [6.45, 7) is 6.58. The van der Waals surface area contributed by atoms with Crippen LogP contribution in [0.1, 0.15) is 0 Å². The van der Waals surface area contributed by atoms with Gasteiger partial charge in [0.25, 0.3) is 0 Å². The summed E-state index contributed by atoms with van der Waals surface area (Å²) in [7, 11) is -1.07. The van der Waals surface area contributed by atoms with Gasteiger partial charge in [0.1, 0.15) is 0 Å². The number of hydrogen-bond donors (Lipinski definition) is 0. The maximum absolute atomic E-state index is 5.21.